The molecule has 0 N–H and O–H groups in total. The molecule has 0 aromatic carbocycles. The van der Waals surface area contributed by atoms with E-state index in [2.05, 4.69) is 26.2 Å². The van der Waals surface area contributed by atoms with Gasteiger partial charge in [-0.25, -0.2) is 0 Å². The largest absolute Gasteiger partial charge is 0.299 e. The molecule has 7 heteroatoms. The molecule has 0 atom stereocenters. The summed E-state index contributed by atoms with van der Waals surface area (Å²) in [6.07, 6.45) is 0. The summed E-state index contributed by atoms with van der Waals surface area (Å²) in [5.74, 6) is 0.449. The highest BCUT2D eigenvalue weighted by atomic mass is 16.1. The van der Waals surface area contributed by atoms with Crippen LogP contribution in [0, 0.1) is 0 Å². The molecule has 0 amide bonds. The molecule has 1 heterocycles. The van der Waals surface area contributed by atoms with Gasteiger partial charge < -0.3 is 0 Å². The van der Waals surface area contributed by atoms with Gasteiger partial charge >= 0.3 is 0 Å². The van der Waals surface area contributed by atoms with E-state index >= 15 is 0 Å². The summed E-state index contributed by atoms with van der Waals surface area (Å²) in [6, 6.07) is 0. The van der Waals surface area contributed by atoms with Gasteiger partial charge in [0, 0.05) is 58.9 Å². The van der Waals surface area contributed by atoms with Crippen molar-refractivity contribution in [2.75, 3.05) is 78.5 Å². The van der Waals surface area contributed by atoms with Crippen molar-refractivity contribution in [1.29, 1.82) is 0 Å². The van der Waals surface area contributed by atoms with Gasteiger partial charge in [-0.05, 0) is 27.7 Å². The lowest BCUT2D eigenvalue weighted by atomic mass is 10.2. The Morgan fingerprint density at radius 3 is 0.929 bits per heavy atom. The lowest BCUT2D eigenvalue weighted by molar-refractivity contribution is -0.120. The standard InChI is InChI=1S/C21H38N4O3/c1-18(2)14-22-6-8-23(15-19(3)26)10-12-25(17-21(5)28)13-11-24(9-7-22)16-20(4)27/h1,6-17H2,2-5H3. The van der Waals surface area contributed by atoms with Crippen LogP contribution >= 0.6 is 0 Å². The van der Waals surface area contributed by atoms with Crippen LogP contribution in [0.15, 0.2) is 12.2 Å². The topological polar surface area (TPSA) is 64.2 Å². The number of hydrogen-bond acceptors (Lipinski definition) is 7. The van der Waals surface area contributed by atoms with Gasteiger partial charge in [0.1, 0.15) is 17.3 Å². The molecule has 1 fully saturated rings. The first-order valence-electron chi connectivity index (χ1n) is 10.2. The molecular weight excluding hydrogens is 356 g/mol. The van der Waals surface area contributed by atoms with E-state index in [9.17, 15) is 14.4 Å². The number of ketones is 3. The molecule has 1 saturated heterocycles. The summed E-state index contributed by atoms with van der Waals surface area (Å²) in [5, 5.41) is 0. The molecule has 1 rings (SSSR count). The minimum atomic E-state index is 0.135. The monoisotopic (exact) mass is 394 g/mol. The van der Waals surface area contributed by atoms with E-state index in [1.54, 1.807) is 20.8 Å². The fourth-order valence-corrected chi connectivity index (χ4v) is 3.54. The Balaban J connectivity index is 2.90. The summed E-state index contributed by atoms with van der Waals surface area (Å²) in [5.41, 5.74) is 1.11. The van der Waals surface area contributed by atoms with Crippen LogP contribution < -0.4 is 0 Å². The molecule has 0 aliphatic carbocycles. The summed E-state index contributed by atoms with van der Waals surface area (Å²) in [7, 11) is 0. The fourth-order valence-electron chi connectivity index (χ4n) is 3.54. The lowest BCUT2D eigenvalue weighted by Crippen LogP contribution is -2.48. The van der Waals surface area contributed by atoms with Crippen LogP contribution in [-0.4, -0.2) is 115 Å². The second kappa shape index (κ2) is 12.9. The first-order chi connectivity index (χ1) is 13.2. The van der Waals surface area contributed by atoms with E-state index in [4.69, 9.17) is 0 Å². The van der Waals surface area contributed by atoms with Gasteiger partial charge in [-0.15, -0.1) is 0 Å². The summed E-state index contributed by atoms with van der Waals surface area (Å²) < 4.78 is 0. The first kappa shape index (κ1) is 24.6. The molecule has 160 valence electrons. The van der Waals surface area contributed by atoms with Crippen molar-refractivity contribution in [2.24, 2.45) is 0 Å². The zero-order valence-electron chi connectivity index (χ0n) is 18.2. The summed E-state index contributed by atoms with van der Waals surface area (Å²) >= 11 is 0. The first-order valence-corrected chi connectivity index (χ1v) is 10.2. The molecule has 0 saturated carbocycles. The zero-order chi connectivity index (χ0) is 21.1. The Morgan fingerprint density at radius 1 is 0.536 bits per heavy atom. The third-order valence-electron chi connectivity index (χ3n) is 4.76. The van der Waals surface area contributed by atoms with Crippen LogP contribution in [0.5, 0.6) is 0 Å². The highest BCUT2D eigenvalue weighted by Crippen LogP contribution is 2.03. The van der Waals surface area contributed by atoms with Crippen molar-refractivity contribution < 1.29 is 14.4 Å². The van der Waals surface area contributed by atoms with Gasteiger partial charge in [0.2, 0.25) is 0 Å². The molecule has 28 heavy (non-hydrogen) atoms. The average molecular weight is 395 g/mol. The van der Waals surface area contributed by atoms with Crippen molar-refractivity contribution >= 4 is 17.3 Å². The smallest absolute Gasteiger partial charge is 0.143 e. The van der Waals surface area contributed by atoms with E-state index in [-0.39, 0.29) is 17.3 Å². The summed E-state index contributed by atoms with van der Waals surface area (Å²) in [6.45, 7) is 19.3. The number of hydrogen-bond donors (Lipinski definition) is 0. The van der Waals surface area contributed by atoms with E-state index < -0.39 is 0 Å². The van der Waals surface area contributed by atoms with Crippen LogP contribution in [0.1, 0.15) is 27.7 Å². The number of carbonyl (C=O) groups excluding carboxylic acids is 3. The minimum absolute atomic E-state index is 0.135. The van der Waals surface area contributed by atoms with Crippen molar-refractivity contribution in [3.8, 4) is 0 Å². The number of rotatable bonds is 8. The SMILES string of the molecule is C=C(C)CN1CCN(CC(C)=O)CCN(CC(C)=O)CCN(CC(C)=O)CC1. The molecule has 0 aromatic rings. The third kappa shape index (κ3) is 11.4. The van der Waals surface area contributed by atoms with E-state index in [1.807, 2.05) is 6.92 Å². The van der Waals surface area contributed by atoms with Crippen molar-refractivity contribution in [2.45, 2.75) is 27.7 Å². The zero-order valence-corrected chi connectivity index (χ0v) is 18.2. The van der Waals surface area contributed by atoms with Crippen LogP contribution in [0.2, 0.25) is 0 Å². The van der Waals surface area contributed by atoms with Gasteiger partial charge in [-0.1, -0.05) is 12.2 Å². The van der Waals surface area contributed by atoms with Crippen molar-refractivity contribution in [3.05, 3.63) is 12.2 Å². The minimum Gasteiger partial charge on any atom is -0.299 e. The molecular formula is C21H38N4O3. The highest BCUT2D eigenvalue weighted by Gasteiger charge is 2.18. The molecule has 0 unspecified atom stereocenters. The van der Waals surface area contributed by atoms with Crippen LogP contribution in [-0.2, 0) is 14.4 Å². The molecule has 1 aliphatic heterocycles. The van der Waals surface area contributed by atoms with E-state index in [0.717, 1.165) is 64.5 Å². The number of nitrogens with zero attached hydrogens (tertiary/aromatic N) is 4. The second-order valence-electron chi connectivity index (χ2n) is 8.17. The van der Waals surface area contributed by atoms with Crippen molar-refractivity contribution in [1.82, 2.24) is 19.6 Å². The Kier molecular flexibility index (Phi) is 11.4. The second-order valence-corrected chi connectivity index (χ2v) is 8.17. The Labute approximate surface area is 170 Å². The normalized spacial score (nSPS) is 19.6. The molecule has 7 nitrogen and oxygen atoms in total. The Morgan fingerprint density at radius 2 is 0.750 bits per heavy atom. The number of Topliss-reactive ketones (excluding diaryl/α,β-unsaturated/α-hetero) is 3. The van der Waals surface area contributed by atoms with Crippen LogP contribution in [0.4, 0.5) is 0 Å². The molecule has 0 spiro atoms. The van der Waals surface area contributed by atoms with Gasteiger partial charge in [-0.3, -0.25) is 34.0 Å². The highest BCUT2D eigenvalue weighted by molar-refractivity contribution is 5.78. The Bertz CT molecular complexity index is 438. The third-order valence-corrected chi connectivity index (χ3v) is 4.76. The lowest BCUT2D eigenvalue weighted by Gasteiger charge is -2.33. The van der Waals surface area contributed by atoms with Gasteiger partial charge in [0.15, 0.2) is 0 Å². The fraction of sp³-hybridized carbons (Fsp3) is 0.762. The molecule has 0 bridgehead atoms. The summed E-state index contributed by atoms with van der Waals surface area (Å²) in [4.78, 5) is 43.8. The maximum absolute atomic E-state index is 11.7. The van der Waals surface area contributed by atoms with Gasteiger partial charge in [0.25, 0.3) is 0 Å². The average Bonchev–Trinajstić information content (AvgIpc) is 2.55. The van der Waals surface area contributed by atoms with Gasteiger partial charge in [0.05, 0.1) is 19.6 Å². The maximum atomic E-state index is 11.7. The van der Waals surface area contributed by atoms with Gasteiger partial charge in [-0.2, -0.15) is 0 Å². The van der Waals surface area contributed by atoms with Crippen molar-refractivity contribution in [3.63, 3.8) is 0 Å². The molecule has 0 radical (unpaired) electrons. The quantitative estimate of drug-likeness (QED) is 0.557. The predicted molar refractivity (Wildman–Crippen MR) is 113 cm³/mol. The van der Waals surface area contributed by atoms with E-state index in [0.29, 0.717) is 19.6 Å². The van der Waals surface area contributed by atoms with E-state index in [1.165, 1.54) is 0 Å². The Hall–Kier alpha value is -1.41. The molecule has 1 aliphatic rings. The number of carbonyl (C=O) groups is 3. The maximum Gasteiger partial charge on any atom is 0.143 e. The predicted octanol–water partition coefficient (Wildman–Crippen LogP) is 0.551. The van der Waals surface area contributed by atoms with Crippen LogP contribution in [0.3, 0.4) is 0 Å². The van der Waals surface area contributed by atoms with Crippen LogP contribution in [0.25, 0.3) is 0 Å². The molecule has 0 aromatic heterocycles.